The zero-order valence-corrected chi connectivity index (χ0v) is 12.4. The number of aliphatic hydroxyl groups is 1. The van der Waals surface area contributed by atoms with Crippen LogP contribution < -0.4 is 0 Å². The average Bonchev–Trinajstić information content (AvgIpc) is 2.90. The van der Waals surface area contributed by atoms with Crippen LogP contribution in [-0.2, 0) is 9.47 Å². The summed E-state index contributed by atoms with van der Waals surface area (Å²) in [5, 5.41) is 10.7. The molecule has 2 unspecified atom stereocenters. The van der Waals surface area contributed by atoms with Gasteiger partial charge in [0.1, 0.15) is 0 Å². The molecule has 4 bridgehead atoms. The fraction of sp³-hybridized carbons (Fsp3) is 1.00. The van der Waals surface area contributed by atoms with Crippen LogP contribution >= 0.6 is 0 Å². The minimum absolute atomic E-state index is 0.209. The molecule has 2 atom stereocenters. The Kier molecular flexibility index (Phi) is 3.56. The van der Waals surface area contributed by atoms with E-state index in [2.05, 4.69) is 0 Å². The van der Waals surface area contributed by atoms with Crippen molar-refractivity contribution in [1.29, 1.82) is 0 Å². The molecular weight excluding hydrogens is 252 g/mol. The van der Waals surface area contributed by atoms with E-state index in [4.69, 9.17) is 9.47 Å². The Morgan fingerprint density at radius 1 is 1.10 bits per heavy atom. The van der Waals surface area contributed by atoms with Gasteiger partial charge in [-0.2, -0.15) is 0 Å². The number of rotatable bonds is 5. The van der Waals surface area contributed by atoms with Crippen molar-refractivity contribution in [1.82, 2.24) is 0 Å². The number of aliphatic hydroxyl groups excluding tert-OH is 1. The molecule has 4 saturated carbocycles. The molecule has 0 amide bonds. The van der Waals surface area contributed by atoms with E-state index in [1.807, 2.05) is 0 Å². The summed E-state index contributed by atoms with van der Waals surface area (Å²) in [6.45, 7) is 3.03. The standard InChI is InChI=1S/C17H28O3/c18-16(11-20-10-12-1-2-19-9-12)17-6-13-3-14(7-17)5-15(4-13)8-17/h12-16,18H,1-11H2. The van der Waals surface area contributed by atoms with Crippen LogP contribution in [0.3, 0.4) is 0 Å². The van der Waals surface area contributed by atoms with E-state index in [9.17, 15) is 5.11 Å². The van der Waals surface area contributed by atoms with Crippen LogP contribution in [-0.4, -0.2) is 37.6 Å². The minimum Gasteiger partial charge on any atom is -0.390 e. The summed E-state index contributed by atoms with van der Waals surface area (Å²) in [5.74, 6) is 3.26. The Morgan fingerprint density at radius 3 is 2.30 bits per heavy atom. The monoisotopic (exact) mass is 280 g/mol. The molecule has 0 spiro atoms. The van der Waals surface area contributed by atoms with Crippen molar-refractivity contribution in [2.75, 3.05) is 26.4 Å². The maximum atomic E-state index is 10.7. The highest BCUT2D eigenvalue weighted by atomic mass is 16.5. The Labute approximate surface area is 122 Å². The molecule has 1 heterocycles. The van der Waals surface area contributed by atoms with Gasteiger partial charge < -0.3 is 14.6 Å². The van der Waals surface area contributed by atoms with Crippen molar-refractivity contribution < 1.29 is 14.6 Å². The van der Waals surface area contributed by atoms with E-state index in [1.165, 1.54) is 38.5 Å². The predicted molar refractivity (Wildman–Crippen MR) is 76.4 cm³/mol. The quantitative estimate of drug-likeness (QED) is 0.841. The van der Waals surface area contributed by atoms with Gasteiger partial charge in [-0.1, -0.05) is 0 Å². The highest BCUT2D eigenvalue weighted by molar-refractivity contribution is 5.04. The highest BCUT2D eigenvalue weighted by Crippen LogP contribution is 2.61. The molecule has 5 fully saturated rings. The Hall–Kier alpha value is -0.120. The van der Waals surface area contributed by atoms with Crippen molar-refractivity contribution in [3.8, 4) is 0 Å². The Bertz CT molecular complexity index is 313. The van der Waals surface area contributed by atoms with Gasteiger partial charge in [-0.05, 0) is 68.1 Å². The van der Waals surface area contributed by atoms with Crippen LogP contribution in [0.1, 0.15) is 44.9 Å². The number of hydrogen-bond acceptors (Lipinski definition) is 3. The van der Waals surface area contributed by atoms with E-state index in [0.29, 0.717) is 12.5 Å². The zero-order chi connectivity index (χ0) is 13.6. The van der Waals surface area contributed by atoms with Gasteiger partial charge in [0.05, 0.1) is 25.9 Å². The van der Waals surface area contributed by atoms with Gasteiger partial charge in [0.25, 0.3) is 0 Å². The minimum atomic E-state index is -0.238. The van der Waals surface area contributed by atoms with Gasteiger partial charge in [-0.15, -0.1) is 0 Å². The van der Waals surface area contributed by atoms with Gasteiger partial charge in [-0.25, -0.2) is 0 Å². The summed E-state index contributed by atoms with van der Waals surface area (Å²) in [6, 6.07) is 0. The fourth-order valence-electron chi connectivity index (χ4n) is 5.82. The maximum absolute atomic E-state index is 10.7. The van der Waals surface area contributed by atoms with Crippen LogP contribution in [0, 0.1) is 29.1 Å². The highest BCUT2D eigenvalue weighted by Gasteiger charge is 2.53. The van der Waals surface area contributed by atoms with Crippen LogP contribution in [0.15, 0.2) is 0 Å². The van der Waals surface area contributed by atoms with Crippen molar-refractivity contribution in [2.24, 2.45) is 29.1 Å². The molecule has 4 aliphatic carbocycles. The molecule has 20 heavy (non-hydrogen) atoms. The van der Waals surface area contributed by atoms with Crippen molar-refractivity contribution in [3.05, 3.63) is 0 Å². The first kappa shape index (κ1) is 13.5. The van der Waals surface area contributed by atoms with Crippen LogP contribution in [0.4, 0.5) is 0 Å². The molecular formula is C17H28O3. The van der Waals surface area contributed by atoms with E-state index >= 15 is 0 Å². The average molecular weight is 280 g/mol. The lowest BCUT2D eigenvalue weighted by molar-refractivity contribution is -0.141. The molecule has 0 radical (unpaired) electrons. The lowest BCUT2D eigenvalue weighted by Gasteiger charge is -2.58. The van der Waals surface area contributed by atoms with Gasteiger partial charge in [-0.3, -0.25) is 0 Å². The molecule has 0 aromatic heterocycles. The number of hydrogen-bond donors (Lipinski definition) is 1. The van der Waals surface area contributed by atoms with Crippen molar-refractivity contribution in [2.45, 2.75) is 51.0 Å². The van der Waals surface area contributed by atoms with E-state index in [-0.39, 0.29) is 11.5 Å². The van der Waals surface area contributed by atoms with E-state index < -0.39 is 0 Å². The molecule has 5 rings (SSSR count). The zero-order valence-electron chi connectivity index (χ0n) is 12.4. The van der Waals surface area contributed by atoms with Crippen molar-refractivity contribution >= 4 is 0 Å². The molecule has 114 valence electrons. The van der Waals surface area contributed by atoms with Crippen LogP contribution in [0.5, 0.6) is 0 Å². The molecule has 5 aliphatic rings. The summed E-state index contributed by atoms with van der Waals surface area (Å²) in [7, 11) is 0. The van der Waals surface area contributed by atoms with Crippen LogP contribution in [0.2, 0.25) is 0 Å². The topological polar surface area (TPSA) is 38.7 Å². The molecule has 1 aliphatic heterocycles. The molecule has 1 saturated heterocycles. The summed E-state index contributed by atoms with van der Waals surface area (Å²) in [4.78, 5) is 0. The second kappa shape index (κ2) is 5.26. The lowest BCUT2D eigenvalue weighted by Crippen LogP contribution is -2.52. The normalized spacial score (nSPS) is 47.9. The van der Waals surface area contributed by atoms with Crippen molar-refractivity contribution in [3.63, 3.8) is 0 Å². The van der Waals surface area contributed by atoms with E-state index in [1.54, 1.807) is 0 Å². The molecule has 3 nitrogen and oxygen atoms in total. The number of ether oxygens (including phenoxy) is 2. The second-order valence-electron chi connectivity index (χ2n) is 8.06. The first-order valence-electron chi connectivity index (χ1n) is 8.57. The summed E-state index contributed by atoms with van der Waals surface area (Å²) in [5.41, 5.74) is 0.209. The third kappa shape index (κ3) is 2.42. The third-order valence-corrected chi connectivity index (χ3v) is 6.45. The predicted octanol–water partition coefficient (Wildman–Crippen LogP) is 2.62. The summed E-state index contributed by atoms with van der Waals surface area (Å²) in [6.07, 6.45) is 8.97. The summed E-state index contributed by atoms with van der Waals surface area (Å²) < 4.78 is 11.2. The molecule has 0 aromatic rings. The summed E-state index contributed by atoms with van der Waals surface area (Å²) >= 11 is 0. The fourth-order valence-corrected chi connectivity index (χ4v) is 5.82. The van der Waals surface area contributed by atoms with Gasteiger partial charge >= 0.3 is 0 Å². The van der Waals surface area contributed by atoms with Gasteiger partial charge in [0, 0.05) is 12.5 Å². The first-order valence-corrected chi connectivity index (χ1v) is 8.57. The van der Waals surface area contributed by atoms with Gasteiger partial charge in [0.15, 0.2) is 0 Å². The lowest BCUT2D eigenvalue weighted by atomic mass is 9.48. The SMILES string of the molecule is OC(COCC1CCOC1)C12CC3CC(CC(C3)C1)C2. The Balaban J connectivity index is 1.32. The Morgan fingerprint density at radius 2 is 1.75 bits per heavy atom. The maximum Gasteiger partial charge on any atom is 0.0829 e. The van der Waals surface area contributed by atoms with Gasteiger partial charge in [0.2, 0.25) is 0 Å². The second-order valence-corrected chi connectivity index (χ2v) is 8.06. The van der Waals surface area contributed by atoms with Crippen LogP contribution in [0.25, 0.3) is 0 Å². The molecule has 0 aromatic carbocycles. The molecule has 3 heteroatoms. The largest absolute Gasteiger partial charge is 0.390 e. The third-order valence-electron chi connectivity index (χ3n) is 6.45. The molecule has 1 N–H and O–H groups in total. The first-order chi connectivity index (χ1) is 9.73. The van der Waals surface area contributed by atoms with E-state index in [0.717, 1.165) is 44.0 Å². The smallest absolute Gasteiger partial charge is 0.0829 e.